The van der Waals surface area contributed by atoms with Crippen LogP contribution in [0.3, 0.4) is 0 Å². The van der Waals surface area contributed by atoms with Crippen LogP contribution in [-0.4, -0.2) is 50.3 Å². The number of carboxylic acid groups (broad SMARTS) is 1. The number of fused-ring (bicyclic) bond motifs is 2. The Balaban J connectivity index is 1.54. The lowest BCUT2D eigenvalue weighted by Crippen LogP contribution is -3.14. The van der Waals surface area contributed by atoms with Crippen LogP contribution in [0.15, 0.2) is 18.2 Å². The molecule has 1 aromatic carbocycles. The summed E-state index contributed by atoms with van der Waals surface area (Å²) in [4.78, 5) is 17.6. The van der Waals surface area contributed by atoms with Gasteiger partial charge in [0.15, 0.2) is 0 Å². The molecule has 0 unspecified atom stereocenters. The fraction of sp³-hybridized carbons (Fsp3) is 0.500. The highest BCUT2D eigenvalue weighted by molar-refractivity contribution is 5.99. The van der Waals surface area contributed by atoms with Crippen LogP contribution in [0.4, 0.5) is 5.69 Å². The van der Waals surface area contributed by atoms with E-state index in [-0.39, 0.29) is 5.56 Å². The summed E-state index contributed by atoms with van der Waals surface area (Å²) in [6.45, 7) is 5.90. The van der Waals surface area contributed by atoms with E-state index in [1.807, 2.05) is 0 Å². The number of hydrogen-bond donors (Lipinski definition) is 2. The molecular formula is C20H25N3O3. The van der Waals surface area contributed by atoms with Gasteiger partial charge in [-0.2, -0.15) is 0 Å². The van der Waals surface area contributed by atoms with Gasteiger partial charge in [-0.05, 0) is 42.5 Å². The van der Waals surface area contributed by atoms with Crippen LogP contribution in [0.5, 0.6) is 0 Å². The predicted octanol–water partition coefficient (Wildman–Crippen LogP) is -0.196. The van der Waals surface area contributed by atoms with Crippen molar-refractivity contribution in [1.29, 1.82) is 0 Å². The molecule has 26 heavy (non-hydrogen) atoms. The minimum atomic E-state index is -1.14. The summed E-state index contributed by atoms with van der Waals surface area (Å²) >= 11 is 0. The van der Waals surface area contributed by atoms with Gasteiger partial charge in [-0.25, -0.2) is 0 Å². The van der Waals surface area contributed by atoms with Gasteiger partial charge < -0.3 is 24.9 Å². The van der Waals surface area contributed by atoms with Crippen molar-refractivity contribution in [3.8, 4) is 0 Å². The second kappa shape index (κ2) is 7.60. The molecule has 1 aliphatic carbocycles. The minimum Gasteiger partial charge on any atom is -0.545 e. The number of quaternary nitrogens is 1. The Hall–Kier alpha value is -2.18. The maximum absolute atomic E-state index is 11.3. The second-order valence-corrected chi connectivity index (χ2v) is 7.18. The smallest absolute Gasteiger partial charge is 0.101 e. The zero-order valence-electron chi connectivity index (χ0n) is 15.0. The van der Waals surface area contributed by atoms with Gasteiger partial charge in [-0.1, -0.05) is 6.07 Å². The van der Waals surface area contributed by atoms with Crippen molar-refractivity contribution in [2.75, 3.05) is 44.7 Å². The summed E-state index contributed by atoms with van der Waals surface area (Å²) in [5, 5.41) is 15.8. The normalized spacial score (nSPS) is 17.4. The molecule has 2 heterocycles. The maximum atomic E-state index is 11.3. The Morgan fingerprint density at radius 3 is 2.92 bits per heavy atom. The van der Waals surface area contributed by atoms with Crippen LogP contribution in [0.1, 0.15) is 34.5 Å². The number of ether oxygens (including phenoxy) is 1. The number of carbonyl (C=O) groups excluding carboxylic acids is 1. The molecule has 2 aromatic rings. The predicted molar refractivity (Wildman–Crippen MR) is 97.6 cm³/mol. The van der Waals surface area contributed by atoms with E-state index in [0.29, 0.717) is 0 Å². The zero-order chi connectivity index (χ0) is 17.9. The van der Waals surface area contributed by atoms with Crippen LogP contribution in [0, 0.1) is 0 Å². The van der Waals surface area contributed by atoms with Crippen LogP contribution < -0.4 is 15.3 Å². The summed E-state index contributed by atoms with van der Waals surface area (Å²) in [5.41, 5.74) is 4.55. The number of aromatic nitrogens is 1. The van der Waals surface area contributed by atoms with E-state index >= 15 is 0 Å². The number of morpholine rings is 1. The van der Waals surface area contributed by atoms with Gasteiger partial charge in [0, 0.05) is 29.7 Å². The van der Waals surface area contributed by atoms with Crippen molar-refractivity contribution in [3.05, 3.63) is 35.0 Å². The molecule has 0 radical (unpaired) electrons. The third kappa shape index (κ3) is 3.52. The number of benzene rings is 1. The molecule has 0 saturated carbocycles. The van der Waals surface area contributed by atoms with E-state index < -0.39 is 5.97 Å². The average Bonchev–Trinajstić information content (AvgIpc) is 3.13. The third-order valence-electron chi connectivity index (χ3n) is 5.46. The van der Waals surface area contributed by atoms with Crippen molar-refractivity contribution < 1.29 is 19.5 Å². The molecule has 0 amide bonds. The fourth-order valence-electron chi connectivity index (χ4n) is 4.05. The molecule has 6 nitrogen and oxygen atoms in total. The minimum absolute atomic E-state index is 0.207. The van der Waals surface area contributed by atoms with Gasteiger partial charge in [0.25, 0.3) is 0 Å². The molecule has 0 bridgehead atoms. The van der Waals surface area contributed by atoms with Crippen molar-refractivity contribution in [2.45, 2.75) is 25.7 Å². The molecule has 0 spiro atoms. The summed E-state index contributed by atoms with van der Waals surface area (Å²) < 4.78 is 5.41. The molecule has 2 aliphatic rings. The van der Waals surface area contributed by atoms with Crippen LogP contribution in [-0.2, 0) is 17.6 Å². The van der Waals surface area contributed by atoms with Gasteiger partial charge in [-0.3, -0.25) is 4.98 Å². The summed E-state index contributed by atoms with van der Waals surface area (Å²) in [6, 6.07) is 5.07. The maximum Gasteiger partial charge on any atom is 0.101 e. The highest BCUT2D eigenvalue weighted by Crippen LogP contribution is 2.34. The van der Waals surface area contributed by atoms with Gasteiger partial charge in [-0.15, -0.1) is 0 Å². The Bertz CT molecular complexity index is 816. The number of carbonyl (C=O) groups is 1. The van der Waals surface area contributed by atoms with E-state index in [1.165, 1.54) is 5.56 Å². The summed E-state index contributed by atoms with van der Waals surface area (Å²) in [7, 11) is 0. The number of nitrogens with one attached hydrogen (secondary N) is 2. The highest BCUT2D eigenvalue weighted by Gasteiger charge is 2.20. The average molecular weight is 355 g/mol. The van der Waals surface area contributed by atoms with E-state index in [4.69, 9.17) is 9.72 Å². The standard InChI is InChI=1S/C20H25N3O3/c24-20(25)14-5-6-18-16(13-14)19(15-3-1-4-17(15)22-18)21-7-2-8-23-9-11-26-12-10-23/h5-6,13H,1-4,7-12H2,(H,21,22)(H,24,25). The van der Waals surface area contributed by atoms with Crippen LogP contribution in [0.2, 0.25) is 0 Å². The van der Waals surface area contributed by atoms with Gasteiger partial charge in [0.1, 0.15) is 13.1 Å². The topological polar surface area (TPSA) is 78.7 Å². The van der Waals surface area contributed by atoms with E-state index in [2.05, 4.69) is 5.32 Å². The van der Waals surface area contributed by atoms with E-state index in [1.54, 1.807) is 23.1 Å². The summed E-state index contributed by atoms with van der Waals surface area (Å²) in [6.07, 6.45) is 4.19. The molecule has 1 fully saturated rings. The van der Waals surface area contributed by atoms with Crippen LogP contribution in [0.25, 0.3) is 10.9 Å². The van der Waals surface area contributed by atoms with E-state index in [9.17, 15) is 9.90 Å². The third-order valence-corrected chi connectivity index (χ3v) is 5.46. The van der Waals surface area contributed by atoms with E-state index in [0.717, 1.165) is 87.4 Å². The molecule has 1 aliphatic heterocycles. The Labute approximate surface area is 153 Å². The monoisotopic (exact) mass is 355 g/mol. The number of aromatic carboxylic acids is 1. The van der Waals surface area contributed by atoms with Crippen molar-refractivity contribution in [1.82, 2.24) is 4.98 Å². The lowest BCUT2D eigenvalue weighted by Gasteiger charge is -2.24. The first-order valence-corrected chi connectivity index (χ1v) is 9.54. The quantitative estimate of drug-likeness (QED) is 0.702. The number of rotatable bonds is 6. The molecule has 6 heteroatoms. The lowest BCUT2D eigenvalue weighted by atomic mass is 10.0. The Kier molecular flexibility index (Phi) is 5.04. The van der Waals surface area contributed by atoms with Crippen LogP contribution >= 0.6 is 0 Å². The molecular weight excluding hydrogens is 330 g/mol. The SMILES string of the molecule is O=C([O-])c1ccc2nc3c(c(NCCC[NH+]4CCOCC4)c2c1)CCC3. The van der Waals surface area contributed by atoms with Gasteiger partial charge >= 0.3 is 0 Å². The number of hydrogen-bond acceptors (Lipinski definition) is 5. The second-order valence-electron chi connectivity index (χ2n) is 7.18. The van der Waals surface area contributed by atoms with Gasteiger partial charge in [0.05, 0.1) is 31.2 Å². The molecule has 1 aromatic heterocycles. The zero-order valence-corrected chi connectivity index (χ0v) is 15.0. The first-order valence-electron chi connectivity index (χ1n) is 9.54. The number of anilines is 1. The molecule has 4 rings (SSSR count). The largest absolute Gasteiger partial charge is 0.545 e. The van der Waals surface area contributed by atoms with Gasteiger partial charge in [0.2, 0.25) is 0 Å². The Morgan fingerprint density at radius 1 is 1.27 bits per heavy atom. The number of pyridine rings is 1. The van der Waals surface area contributed by atoms with Crippen molar-refractivity contribution >= 4 is 22.6 Å². The summed E-state index contributed by atoms with van der Waals surface area (Å²) in [5.74, 6) is -1.14. The molecule has 138 valence electrons. The number of nitrogens with zero attached hydrogens (tertiary/aromatic N) is 1. The number of carboxylic acids is 1. The number of aryl methyl sites for hydroxylation is 1. The van der Waals surface area contributed by atoms with Crippen molar-refractivity contribution in [3.63, 3.8) is 0 Å². The molecule has 0 atom stereocenters. The molecule has 2 N–H and O–H groups in total. The Morgan fingerprint density at radius 2 is 2.12 bits per heavy atom. The fourth-order valence-corrected chi connectivity index (χ4v) is 4.05. The lowest BCUT2D eigenvalue weighted by molar-refractivity contribution is -0.908. The molecule has 1 saturated heterocycles. The first-order chi connectivity index (χ1) is 12.7. The first kappa shape index (κ1) is 17.2. The highest BCUT2D eigenvalue weighted by atomic mass is 16.5. The van der Waals surface area contributed by atoms with Crippen molar-refractivity contribution in [2.24, 2.45) is 0 Å².